The molecule has 4 aliphatic heterocycles. The van der Waals surface area contributed by atoms with Crippen molar-refractivity contribution in [3.8, 4) is 0 Å². The molecule has 0 radical (unpaired) electrons. The third-order valence-corrected chi connectivity index (χ3v) is 7.92. The summed E-state index contributed by atoms with van der Waals surface area (Å²) in [4.78, 5) is 35.3. The summed E-state index contributed by atoms with van der Waals surface area (Å²) in [6.07, 6.45) is 3.96. The Morgan fingerprint density at radius 2 is 1.76 bits per heavy atom. The highest BCUT2D eigenvalue weighted by Crippen LogP contribution is 2.36. The number of fused-ring (bicyclic) bond motifs is 3. The van der Waals surface area contributed by atoms with Crippen LogP contribution < -0.4 is 10.2 Å². The maximum atomic E-state index is 13.4. The molecule has 1 aromatic carbocycles. The normalized spacial score (nSPS) is 25.6. The summed E-state index contributed by atoms with van der Waals surface area (Å²) in [5.74, 6) is 0.299. The van der Waals surface area contributed by atoms with E-state index in [-0.39, 0.29) is 23.8 Å². The smallest absolute Gasteiger partial charge is 0.236 e. The van der Waals surface area contributed by atoms with Crippen LogP contribution in [0.2, 0.25) is 0 Å². The Balaban J connectivity index is 1.21. The monoisotopic (exact) mass is 469 g/mol. The van der Waals surface area contributed by atoms with E-state index in [1.165, 1.54) is 11.3 Å². The summed E-state index contributed by atoms with van der Waals surface area (Å²) < 4.78 is 5.42. The molecule has 2 amide bonds. The van der Waals surface area contributed by atoms with E-state index >= 15 is 0 Å². The van der Waals surface area contributed by atoms with Gasteiger partial charge in [0.05, 0.1) is 31.7 Å². The molecule has 8 nitrogen and oxygen atoms in total. The molecule has 0 spiro atoms. The van der Waals surface area contributed by atoms with E-state index in [0.29, 0.717) is 13.1 Å². The molecule has 0 aromatic heterocycles. The summed E-state index contributed by atoms with van der Waals surface area (Å²) in [5.41, 5.74) is 2.52. The molecule has 4 aliphatic rings. The van der Waals surface area contributed by atoms with Gasteiger partial charge in [-0.2, -0.15) is 0 Å². The lowest BCUT2D eigenvalue weighted by Gasteiger charge is -2.49. The molecule has 1 N–H and O–H groups in total. The summed E-state index contributed by atoms with van der Waals surface area (Å²) in [7, 11) is 0. The molecular weight excluding hydrogens is 430 g/mol. The van der Waals surface area contributed by atoms with E-state index in [9.17, 15) is 9.59 Å². The van der Waals surface area contributed by atoms with E-state index in [4.69, 9.17) is 4.74 Å². The fourth-order valence-corrected chi connectivity index (χ4v) is 5.99. The molecule has 5 rings (SSSR count). The van der Waals surface area contributed by atoms with Crippen LogP contribution in [0.5, 0.6) is 0 Å². The van der Waals surface area contributed by atoms with Gasteiger partial charge in [-0.05, 0) is 43.9 Å². The first kappa shape index (κ1) is 23.6. The number of piperazine rings is 1. The predicted octanol–water partition coefficient (Wildman–Crippen LogP) is 0.810. The molecule has 0 bridgehead atoms. The van der Waals surface area contributed by atoms with Gasteiger partial charge in [0.1, 0.15) is 0 Å². The molecule has 3 saturated heterocycles. The van der Waals surface area contributed by atoms with Gasteiger partial charge >= 0.3 is 0 Å². The summed E-state index contributed by atoms with van der Waals surface area (Å²) >= 11 is 0. The number of rotatable bonds is 7. The molecule has 0 aliphatic carbocycles. The Kier molecular flexibility index (Phi) is 7.67. The van der Waals surface area contributed by atoms with Gasteiger partial charge in [0.2, 0.25) is 11.8 Å². The molecule has 8 heteroatoms. The van der Waals surface area contributed by atoms with Crippen LogP contribution in [0.25, 0.3) is 0 Å². The van der Waals surface area contributed by atoms with Crippen LogP contribution >= 0.6 is 0 Å². The Hall–Kier alpha value is -2.16. The summed E-state index contributed by atoms with van der Waals surface area (Å²) in [5, 5.41) is 3.24. The van der Waals surface area contributed by atoms with Crippen LogP contribution in [0.1, 0.15) is 24.8 Å². The first-order chi connectivity index (χ1) is 16.7. The first-order valence-corrected chi connectivity index (χ1v) is 13.1. The quantitative estimate of drug-likeness (QED) is 0.597. The predicted molar refractivity (Wildman–Crippen MR) is 132 cm³/mol. The number of para-hydroxylation sites is 1. The Bertz CT molecular complexity index is 853. The second-order valence-electron chi connectivity index (χ2n) is 10.1. The zero-order chi connectivity index (χ0) is 23.3. The van der Waals surface area contributed by atoms with Crippen molar-refractivity contribution < 1.29 is 14.3 Å². The van der Waals surface area contributed by atoms with Crippen LogP contribution in [0, 0.1) is 5.92 Å². The minimum Gasteiger partial charge on any atom is -0.379 e. The number of likely N-dealkylation sites (tertiary alicyclic amines) is 1. The SMILES string of the molecule is O=C(NCCCN1CCOCC1)[C@@H]1Cc2ccccc2N2CCN(CC(=O)N3CCCC3)C[C@H]12. The van der Waals surface area contributed by atoms with Crippen molar-refractivity contribution in [3.05, 3.63) is 29.8 Å². The first-order valence-electron chi connectivity index (χ1n) is 13.1. The number of anilines is 1. The van der Waals surface area contributed by atoms with E-state index in [0.717, 1.165) is 91.3 Å². The highest BCUT2D eigenvalue weighted by Gasteiger charge is 2.41. The van der Waals surface area contributed by atoms with Crippen LogP contribution in [0.4, 0.5) is 5.69 Å². The fourth-order valence-electron chi connectivity index (χ4n) is 5.99. The maximum absolute atomic E-state index is 13.4. The van der Waals surface area contributed by atoms with Crippen molar-refractivity contribution in [1.29, 1.82) is 0 Å². The number of hydrogen-bond donors (Lipinski definition) is 1. The molecule has 186 valence electrons. The highest BCUT2D eigenvalue weighted by molar-refractivity contribution is 5.82. The zero-order valence-electron chi connectivity index (χ0n) is 20.3. The number of nitrogens with zero attached hydrogens (tertiary/aromatic N) is 4. The van der Waals surface area contributed by atoms with Gasteiger partial charge < -0.3 is 19.9 Å². The number of amides is 2. The molecule has 4 heterocycles. The van der Waals surface area contributed by atoms with Crippen molar-refractivity contribution in [2.24, 2.45) is 5.92 Å². The summed E-state index contributed by atoms with van der Waals surface area (Å²) in [6, 6.07) is 8.61. The van der Waals surface area contributed by atoms with Crippen molar-refractivity contribution >= 4 is 17.5 Å². The topological polar surface area (TPSA) is 68.4 Å². The Morgan fingerprint density at radius 1 is 0.971 bits per heavy atom. The Morgan fingerprint density at radius 3 is 2.59 bits per heavy atom. The maximum Gasteiger partial charge on any atom is 0.236 e. The number of benzene rings is 1. The van der Waals surface area contributed by atoms with Crippen molar-refractivity contribution in [2.45, 2.75) is 31.7 Å². The molecule has 3 fully saturated rings. The van der Waals surface area contributed by atoms with Crippen LogP contribution in [0.15, 0.2) is 24.3 Å². The van der Waals surface area contributed by atoms with Crippen LogP contribution in [-0.4, -0.2) is 111 Å². The molecule has 0 unspecified atom stereocenters. The molecule has 2 atom stereocenters. The summed E-state index contributed by atoms with van der Waals surface area (Å²) in [6.45, 7) is 10.0. The number of morpholine rings is 1. The minimum atomic E-state index is -0.0945. The van der Waals surface area contributed by atoms with Gasteiger partial charge in [-0.25, -0.2) is 0 Å². The lowest BCUT2D eigenvalue weighted by atomic mass is 9.83. The molecular formula is C26H39N5O3. The van der Waals surface area contributed by atoms with E-state index < -0.39 is 0 Å². The van der Waals surface area contributed by atoms with Gasteiger partial charge in [-0.3, -0.25) is 19.4 Å². The Labute approximate surface area is 203 Å². The average Bonchev–Trinajstić information content (AvgIpc) is 3.42. The van der Waals surface area contributed by atoms with Gasteiger partial charge in [-0.1, -0.05) is 18.2 Å². The van der Waals surface area contributed by atoms with Crippen molar-refractivity contribution in [2.75, 3.05) is 83.6 Å². The number of hydrogen-bond acceptors (Lipinski definition) is 6. The lowest BCUT2D eigenvalue weighted by Crippen LogP contribution is -2.62. The number of carbonyl (C=O) groups excluding carboxylic acids is 2. The minimum absolute atomic E-state index is 0.0945. The highest BCUT2D eigenvalue weighted by atomic mass is 16.5. The van der Waals surface area contributed by atoms with Gasteiger partial charge in [0.15, 0.2) is 0 Å². The van der Waals surface area contributed by atoms with E-state index in [1.54, 1.807) is 0 Å². The number of carbonyl (C=O) groups is 2. The van der Waals surface area contributed by atoms with Crippen LogP contribution in [-0.2, 0) is 20.7 Å². The largest absolute Gasteiger partial charge is 0.379 e. The van der Waals surface area contributed by atoms with Gasteiger partial charge in [-0.15, -0.1) is 0 Å². The van der Waals surface area contributed by atoms with Crippen molar-refractivity contribution in [3.63, 3.8) is 0 Å². The van der Waals surface area contributed by atoms with E-state index in [1.807, 2.05) is 4.90 Å². The molecule has 0 saturated carbocycles. The second kappa shape index (κ2) is 11.1. The second-order valence-corrected chi connectivity index (χ2v) is 10.1. The van der Waals surface area contributed by atoms with Crippen molar-refractivity contribution in [1.82, 2.24) is 20.0 Å². The zero-order valence-corrected chi connectivity index (χ0v) is 20.3. The lowest BCUT2D eigenvalue weighted by molar-refractivity contribution is -0.131. The molecule has 1 aromatic rings. The number of ether oxygens (including phenoxy) is 1. The third-order valence-electron chi connectivity index (χ3n) is 7.92. The third kappa shape index (κ3) is 5.39. The van der Waals surface area contributed by atoms with E-state index in [2.05, 4.69) is 44.3 Å². The number of nitrogens with one attached hydrogen (secondary N) is 1. The average molecular weight is 470 g/mol. The van der Waals surface area contributed by atoms with Crippen LogP contribution in [0.3, 0.4) is 0 Å². The molecule has 34 heavy (non-hydrogen) atoms. The van der Waals surface area contributed by atoms with Gasteiger partial charge in [0, 0.05) is 58.0 Å². The standard InChI is InChI=1S/C26H39N5O3/c32-25(30-10-3-4-11-30)20-29-12-13-31-23-7-2-1-6-21(23)18-22(24(31)19-29)26(33)27-8-5-9-28-14-16-34-17-15-28/h1-2,6-7,22,24H,3-5,8-20H2,(H,27,33)/t22-,24-/m1/s1. The fraction of sp³-hybridized carbons (Fsp3) is 0.692. The van der Waals surface area contributed by atoms with Gasteiger partial charge in [0.25, 0.3) is 0 Å².